The number of hydrogen-bond donors (Lipinski definition) is 1. The summed E-state index contributed by atoms with van der Waals surface area (Å²) >= 11 is 1.40. The molecule has 0 aromatic carbocycles. The van der Waals surface area contributed by atoms with Crippen LogP contribution in [0.2, 0.25) is 0 Å². The second-order valence-corrected chi connectivity index (χ2v) is 5.47. The van der Waals surface area contributed by atoms with E-state index in [9.17, 15) is 0 Å². The Morgan fingerprint density at radius 1 is 1.28 bits per heavy atom. The maximum Gasteiger partial charge on any atom is 0.262 e. The molecular formula is C12H14N4OS. The smallest absolute Gasteiger partial charge is 0.262 e. The Morgan fingerprint density at radius 3 is 2.67 bits per heavy atom. The molecule has 5 nitrogen and oxygen atoms in total. The van der Waals surface area contributed by atoms with Crippen LogP contribution in [0, 0.1) is 13.8 Å². The van der Waals surface area contributed by atoms with Crippen LogP contribution in [0.25, 0.3) is 0 Å². The van der Waals surface area contributed by atoms with Gasteiger partial charge in [-0.3, -0.25) is 0 Å². The molecule has 1 aliphatic carbocycles. The van der Waals surface area contributed by atoms with Gasteiger partial charge in [-0.2, -0.15) is 0 Å². The van der Waals surface area contributed by atoms with E-state index in [1.807, 2.05) is 13.8 Å². The van der Waals surface area contributed by atoms with Gasteiger partial charge in [0.2, 0.25) is 0 Å². The molecule has 0 aliphatic heterocycles. The summed E-state index contributed by atoms with van der Waals surface area (Å²) in [4.78, 5) is 13.2. The van der Waals surface area contributed by atoms with Crippen LogP contribution in [-0.4, -0.2) is 15.0 Å². The molecule has 2 heterocycles. The molecule has 2 aromatic heterocycles. The van der Waals surface area contributed by atoms with E-state index in [-0.39, 0.29) is 0 Å². The summed E-state index contributed by atoms with van der Waals surface area (Å²) in [6, 6.07) is 0. The molecule has 3 rings (SSSR count). The molecule has 1 fully saturated rings. The Morgan fingerprint density at radius 2 is 2.06 bits per heavy atom. The Labute approximate surface area is 109 Å². The zero-order valence-corrected chi connectivity index (χ0v) is 11.1. The molecule has 0 amide bonds. The number of rotatable bonds is 3. The number of nitrogen functional groups attached to an aromatic ring is 1. The third kappa shape index (κ3) is 2.20. The van der Waals surface area contributed by atoms with E-state index in [1.165, 1.54) is 11.8 Å². The van der Waals surface area contributed by atoms with Crippen molar-refractivity contribution in [2.24, 2.45) is 0 Å². The average Bonchev–Trinajstić information content (AvgIpc) is 3.10. The first kappa shape index (κ1) is 11.5. The van der Waals surface area contributed by atoms with Crippen molar-refractivity contribution in [2.75, 3.05) is 5.73 Å². The lowest BCUT2D eigenvalue weighted by atomic mass is 10.3. The number of hydrogen-bond acceptors (Lipinski definition) is 6. The first-order valence-electron chi connectivity index (χ1n) is 5.87. The Hall–Kier alpha value is -1.56. The van der Waals surface area contributed by atoms with E-state index >= 15 is 0 Å². The second-order valence-electron chi connectivity index (χ2n) is 4.53. The van der Waals surface area contributed by atoms with E-state index in [4.69, 9.17) is 10.2 Å². The molecular weight excluding hydrogens is 248 g/mol. The molecule has 0 unspecified atom stereocenters. The zero-order chi connectivity index (χ0) is 12.7. The SMILES string of the molecule is Cc1coc(Sc2nc(C3CC3)nc(N)c2C)n1. The number of aryl methyl sites for hydroxylation is 1. The van der Waals surface area contributed by atoms with E-state index < -0.39 is 0 Å². The minimum atomic E-state index is 0.485. The van der Waals surface area contributed by atoms with Crippen molar-refractivity contribution in [3.8, 4) is 0 Å². The van der Waals surface area contributed by atoms with Crippen molar-refractivity contribution in [2.45, 2.75) is 42.9 Å². The summed E-state index contributed by atoms with van der Waals surface area (Å²) in [5.74, 6) is 1.89. The van der Waals surface area contributed by atoms with Crippen molar-refractivity contribution in [3.63, 3.8) is 0 Å². The van der Waals surface area contributed by atoms with E-state index in [2.05, 4.69) is 15.0 Å². The Balaban J connectivity index is 1.94. The van der Waals surface area contributed by atoms with Gasteiger partial charge in [-0.15, -0.1) is 0 Å². The highest BCUT2D eigenvalue weighted by atomic mass is 32.2. The molecule has 2 N–H and O–H groups in total. The van der Waals surface area contributed by atoms with E-state index in [1.54, 1.807) is 6.26 Å². The molecule has 94 valence electrons. The second kappa shape index (κ2) is 4.28. The van der Waals surface area contributed by atoms with Crippen LogP contribution in [0.4, 0.5) is 5.82 Å². The topological polar surface area (TPSA) is 77.8 Å². The molecule has 6 heteroatoms. The standard InChI is InChI=1S/C12H14N4OS/c1-6-5-17-12(14-6)18-11-7(2)9(13)15-10(16-11)8-3-4-8/h5,8H,3-4H2,1-2H3,(H2,13,15,16). The lowest BCUT2D eigenvalue weighted by Crippen LogP contribution is -2.03. The summed E-state index contributed by atoms with van der Waals surface area (Å²) < 4.78 is 5.33. The highest BCUT2D eigenvalue weighted by Gasteiger charge is 2.28. The quantitative estimate of drug-likeness (QED) is 0.857. The molecule has 18 heavy (non-hydrogen) atoms. The third-order valence-corrected chi connectivity index (χ3v) is 3.83. The molecule has 1 aliphatic rings. The highest BCUT2D eigenvalue weighted by Crippen LogP contribution is 2.40. The molecule has 0 spiro atoms. The normalized spacial score (nSPS) is 15.0. The summed E-state index contributed by atoms with van der Waals surface area (Å²) in [7, 11) is 0. The summed E-state index contributed by atoms with van der Waals surface area (Å²) in [5.41, 5.74) is 7.68. The first-order chi connectivity index (χ1) is 8.63. The Bertz CT molecular complexity index is 592. The minimum absolute atomic E-state index is 0.485. The van der Waals surface area contributed by atoms with Crippen LogP contribution in [0.15, 0.2) is 20.9 Å². The zero-order valence-electron chi connectivity index (χ0n) is 10.3. The summed E-state index contributed by atoms with van der Waals surface area (Å²) in [6.07, 6.45) is 3.94. The molecule has 0 radical (unpaired) electrons. The lowest BCUT2D eigenvalue weighted by molar-refractivity contribution is 0.453. The fourth-order valence-electron chi connectivity index (χ4n) is 1.62. The number of nitrogens with two attached hydrogens (primary N) is 1. The van der Waals surface area contributed by atoms with Crippen molar-refractivity contribution >= 4 is 17.6 Å². The highest BCUT2D eigenvalue weighted by molar-refractivity contribution is 7.99. The van der Waals surface area contributed by atoms with Gasteiger partial charge in [0.15, 0.2) is 0 Å². The predicted molar refractivity (Wildman–Crippen MR) is 68.5 cm³/mol. The maximum atomic E-state index is 5.93. The van der Waals surface area contributed by atoms with E-state index in [0.717, 1.165) is 34.9 Å². The third-order valence-electron chi connectivity index (χ3n) is 2.88. The monoisotopic (exact) mass is 262 g/mol. The summed E-state index contributed by atoms with van der Waals surface area (Å²) in [5, 5.41) is 1.43. The van der Waals surface area contributed by atoms with Crippen molar-refractivity contribution < 1.29 is 4.42 Å². The van der Waals surface area contributed by atoms with Crippen LogP contribution in [0.5, 0.6) is 0 Å². The van der Waals surface area contributed by atoms with Crippen LogP contribution in [0.3, 0.4) is 0 Å². The molecule has 2 aromatic rings. The average molecular weight is 262 g/mol. The maximum absolute atomic E-state index is 5.93. The van der Waals surface area contributed by atoms with Crippen LogP contribution in [0.1, 0.15) is 35.8 Å². The number of nitrogens with zero attached hydrogens (tertiary/aromatic N) is 3. The van der Waals surface area contributed by atoms with Crippen LogP contribution >= 0.6 is 11.8 Å². The molecule has 0 saturated heterocycles. The van der Waals surface area contributed by atoms with Gasteiger partial charge in [0.1, 0.15) is 22.9 Å². The van der Waals surface area contributed by atoms with Crippen LogP contribution < -0.4 is 5.73 Å². The number of aromatic nitrogens is 3. The van der Waals surface area contributed by atoms with Gasteiger partial charge in [0, 0.05) is 11.5 Å². The lowest BCUT2D eigenvalue weighted by Gasteiger charge is -2.07. The van der Waals surface area contributed by atoms with Gasteiger partial charge in [-0.1, -0.05) is 0 Å². The van der Waals surface area contributed by atoms with Crippen molar-refractivity contribution in [1.29, 1.82) is 0 Å². The van der Waals surface area contributed by atoms with Gasteiger partial charge >= 0.3 is 0 Å². The van der Waals surface area contributed by atoms with E-state index in [0.29, 0.717) is 17.0 Å². The molecule has 0 bridgehead atoms. The van der Waals surface area contributed by atoms with Crippen molar-refractivity contribution in [3.05, 3.63) is 23.3 Å². The van der Waals surface area contributed by atoms with Gasteiger partial charge in [-0.25, -0.2) is 15.0 Å². The van der Waals surface area contributed by atoms with Gasteiger partial charge in [-0.05, 0) is 38.5 Å². The van der Waals surface area contributed by atoms with Gasteiger partial charge < -0.3 is 10.2 Å². The van der Waals surface area contributed by atoms with Crippen LogP contribution in [-0.2, 0) is 0 Å². The molecule has 1 saturated carbocycles. The minimum Gasteiger partial charge on any atom is -0.439 e. The summed E-state index contributed by atoms with van der Waals surface area (Å²) in [6.45, 7) is 3.81. The molecule has 0 atom stereocenters. The fraction of sp³-hybridized carbons (Fsp3) is 0.417. The fourth-order valence-corrected chi connectivity index (χ4v) is 2.46. The van der Waals surface area contributed by atoms with Gasteiger partial charge in [0.25, 0.3) is 5.22 Å². The largest absolute Gasteiger partial charge is 0.439 e. The predicted octanol–water partition coefficient (Wildman–Crippen LogP) is 2.69. The Kier molecular flexibility index (Phi) is 2.74. The first-order valence-corrected chi connectivity index (χ1v) is 6.69. The van der Waals surface area contributed by atoms with Gasteiger partial charge in [0.05, 0.1) is 5.69 Å². The number of oxazole rings is 1. The van der Waals surface area contributed by atoms with Crippen molar-refractivity contribution in [1.82, 2.24) is 15.0 Å². The number of anilines is 1.